The molecule has 0 aliphatic carbocycles. The first kappa shape index (κ1) is 20.8. The van der Waals surface area contributed by atoms with Gasteiger partial charge in [-0.3, -0.25) is 4.79 Å². The van der Waals surface area contributed by atoms with Gasteiger partial charge in [-0.2, -0.15) is 5.26 Å². The van der Waals surface area contributed by atoms with Crippen molar-refractivity contribution in [3.63, 3.8) is 0 Å². The van der Waals surface area contributed by atoms with Crippen LogP contribution in [0.2, 0.25) is 0 Å². The summed E-state index contributed by atoms with van der Waals surface area (Å²) in [5.74, 6) is -0.334. The summed E-state index contributed by atoms with van der Waals surface area (Å²) in [7, 11) is 0. The third kappa shape index (κ3) is 5.12. The van der Waals surface area contributed by atoms with Gasteiger partial charge in [-0.25, -0.2) is 4.39 Å². The van der Waals surface area contributed by atoms with Crippen molar-refractivity contribution in [3.8, 4) is 11.8 Å². The fourth-order valence-electron chi connectivity index (χ4n) is 2.90. The lowest BCUT2D eigenvalue weighted by molar-refractivity contribution is -0.112. The lowest BCUT2D eigenvalue weighted by Gasteiger charge is -2.11. The molecule has 0 aliphatic heterocycles. The van der Waals surface area contributed by atoms with Gasteiger partial charge in [0.15, 0.2) is 0 Å². The Kier molecular flexibility index (Phi) is 6.61. The Morgan fingerprint density at radius 3 is 2.63 bits per heavy atom. The highest BCUT2D eigenvalue weighted by molar-refractivity contribution is 6.10. The lowest BCUT2D eigenvalue weighted by atomic mass is 10.1. The van der Waals surface area contributed by atoms with Crippen LogP contribution in [0.25, 0.3) is 6.08 Å². The molecule has 0 saturated heterocycles. The van der Waals surface area contributed by atoms with E-state index in [1.807, 2.05) is 32.0 Å². The fraction of sp³-hybridized carbons (Fsp3) is 0.120. The third-order valence-corrected chi connectivity index (χ3v) is 4.72. The quantitative estimate of drug-likeness (QED) is 0.435. The monoisotopic (exact) mass is 400 g/mol. The molecule has 0 atom stereocenters. The van der Waals surface area contributed by atoms with Crippen molar-refractivity contribution in [3.05, 3.63) is 100 Å². The van der Waals surface area contributed by atoms with E-state index in [2.05, 4.69) is 5.32 Å². The van der Waals surface area contributed by atoms with Crippen LogP contribution in [0.1, 0.15) is 22.3 Å². The summed E-state index contributed by atoms with van der Waals surface area (Å²) in [6.07, 6.45) is 1.49. The molecular weight excluding hydrogens is 379 g/mol. The summed E-state index contributed by atoms with van der Waals surface area (Å²) in [5.41, 5.74) is 3.88. The van der Waals surface area contributed by atoms with Crippen molar-refractivity contribution in [1.29, 1.82) is 5.26 Å². The van der Waals surface area contributed by atoms with Crippen LogP contribution >= 0.6 is 0 Å². The number of benzene rings is 3. The van der Waals surface area contributed by atoms with Crippen LogP contribution in [-0.2, 0) is 11.4 Å². The summed E-state index contributed by atoms with van der Waals surface area (Å²) in [5, 5.41) is 12.3. The SMILES string of the molecule is Cc1cccc(NC(=O)/C(C#N)=C/c2ccccc2OCc2cccc(F)c2)c1C. The number of nitriles is 1. The molecule has 3 aromatic rings. The molecular formula is C25H21FN2O2. The second-order valence-electron chi connectivity index (χ2n) is 6.83. The highest BCUT2D eigenvalue weighted by atomic mass is 19.1. The van der Waals surface area contributed by atoms with E-state index in [-0.39, 0.29) is 18.0 Å². The molecule has 30 heavy (non-hydrogen) atoms. The number of aryl methyl sites for hydroxylation is 1. The van der Waals surface area contributed by atoms with Gasteiger partial charge in [-0.15, -0.1) is 0 Å². The molecule has 3 aromatic carbocycles. The average molecular weight is 400 g/mol. The molecule has 0 spiro atoms. The average Bonchev–Trinajstić information content (AvgIpc) is 2.74. The Morgan fingerprint density at radius 1 is 1.10 bits per heavy atom. The normalized spacial score (nSPS) is 10.9. The van der Waals surface area contributed by atoms with E-state index in [0.29, 0.717) is 22.6 Å². The van der Waals surface area contributed by atoms with Gasteiger partial charge in [0.2, 0.25) is 0 Å². The minimum absolute atomic E-state index is 0.0438. The van der Waals surface area contributed by atoms with Gasteiger partial charge in [0, 0.05) is 11.3 Å². The van der Waals surface area contributed by atoms with E-state index in [1.54, 1.807) is 42.5 Å². The highest BCUT2D eigenvalue weighted by Crippen LogP contribution is 2.24. The number of para-hydroxylation sites is 1. The maximum Gasteiger partial charge on any atom is 0.266 e. The number of nitrogens with one attached hydrogen (secondary N) is 1. The van der Waals surface area contributed by atoms with Gasteiger partial charge in [0.25, 0.3) is 5.91 Å². The minimum atomic E-state index is -0.494. The molecule has 0 bridgehead atoms. The smallest absolute Gasteiger partial charge is 0.266 e. The first-order chi connectivity index (χ1) is 14.5. The van der Waals surface area contributed by atoms with Crippen LogP contribution in [0.5, 0.6) is 5.75 Å². The Morgan fingerprint density at radius 2 is 1.87 bits per heavy atom. The Hall–Kier alpha value is -3.91. The Labute approximate surface area is 175 Å². The van der Waals surface area contributed by atoms with Crippen LogP contribution in [0, 0.1) is 31.0 Å². The second-order valence-corrected chi connectivity index (χ2v) is 6.83. The van der Waals surface area contributed by atoms with E-state index in [0.717, 1.165) is 11.1 Å². The number of carbonyl (C=O) groups excluding carboxylic acids is 1. The standard InChI is InChI=1S/C25H21FN2O2/c1-17-7-5-11-23(18(17)2)28-25(29)21(15-27)14-20-9-3-4-12-24(20)30-16-19-8-6-10-22(26)13-19/h3-14H,16H2,1-2H3,(H,28,29)/b21-14+. The number of nitrogens with zero attached hydrogens (tertiary/aromatic N) is 1. The van der Waals surface area contributed by atoms with Crippen molar-refractivity contribution < 1.29 is 13.9 Å². The molecule has 3 rings (SSSR count). The van der Waals surface area contributed by atoms with E-state index in [1.165, 1.54) is 18.2 Å². The molecule has 4 nitrogen and oxygen atoms in total. The number of ether oxygens (including phenoxy) is 1. The first-order valence-corrected chi connectivity index (χ1v) is 9.43. The molecule has 0 radical (unpaired) electrons. The van der Waals surface area contributed by atoms with Gasteiger partial charge in [0.05, 0.1) is 0 Å². The maximum absolute atomic E-state index is 13.4. The van der Waals surface area contributed by atoms with Crippen LogP contribution < -0.4 is 10.1 Å². The number of halogens is 1. The second kappa shape index (κ2) is 9.53. The highest BCUT2D eigenvalue weighted by Gasteiger charge is 2.13. The predicted molar refractivity (Wildman–Crippen MR) is 115 cm³/mol. The van der Waals surface area contributed by atoms with Gasteiger partial charge >= 0.3 is 0 Å². The van der Waals surface area contributed by atoms with Crippen LogP contribution in [0.4, 0.5) is 10.1 Å². The van der Waals surface area contributed by atoms with Crippen molar-refractivity contribution in [2.75, 3.05) is 5.32 Å². The van der Waals surface area contributed by atoms with Gasteiger partial charge in [-0.05, 0) is 60.9 Å². The van der Waals surface area contributed by atoms with Crippen molar-refractivity contribution >= 4 is 17.7 Å². The number of rotatable bonds is 6. The van der Waals surface area contributed by atoms with Crippen LogP contribution in [0.3, 0.4) is 0 Å². The van der Waals surface area contributed by atoms with Crippen LogP contribution in [-0.4, -0.2) is 5.91 Å². The largest absolute Gasteiger partial charge is 0.488 e. The van der Waals surface area contributed by atoms with Gasteiger partial charge in [0.1, 0.15) is 29.8 Å². The third-order valence-electron chi connectivity index (χ3n) is 4.72. The summed E-state index contributed by atoms with van der Waals surface area (Å²) in [4.78, 5) is 12.7. The number of carbonyl (C=O) groups is 1. The summed E-state index contributed by atoms with van der Waals surface area (Å²) in [6.45, 7) is 4.04. The molecule has 150 valence electrons. The van der Waals surface area contributed by atoms with Gasteiger partial charge in [-0.1, -0.05) is 42.5 Å². The molecule has 1 amide bonds. The minimum Gasteiger partial charge on any atom is -0.488 e. The van der Waals surface area contributed by atoms with Crippen molar-refractivity contribution in [2.24, 2.45) is 0 Å². The van der Waals surface area contributed by atoms with E-state index in [4.69, 9.17) is 4.74 Å². The molecule has 0 aliphatic rings. The van der Waals surface area contributed by atoms with E-state index in [9.17, 15) is 14.4 Å². The summed E-state index contributed by atoms with van der Waals surface area (Å²) < 4.78 is 19.2. The molecule has 5 heteroatoms. The van der Waals surface area contributed by atoms with Crippen LogP contribution in [0.15, 0.2) is 72.3 Å². The number of amides is 1. The Balaban J connectivity index is 1.81. The van der Waals surface area contributed by atoms with Crippen molar-refractivity contribution in [2.45, 2.75) is 20.5 Å². The molecule has 0 fully saturated rings. The molecule has 0 unspecified atom stereocenters. The predicted octanol–water partition coefficient (Wildman–Crippen LogP) is 5.57. The Bertz CT molecular complexity index is 1150. The van der Waals surface area contributed by atoms with Crippen molar-refractivity contribution in [1.82, 2.24) is 0 Å². The molecule has 0 aromatic heterocycles. The van der Waals surface area contributed by atoms with E-state index >= 15 is 0 Å². The number of anilines is 1. The number of hydrogen-bond acceptors (Lipinski definition) is 3. The zero-order valence-corrected chi connectivity index (χ0v) is 16.8. The maximum atomic E-state index is 13.4. The lowest BCUT2D eigenvalue weighted by Crippen LogP contribution is -2.14. The molecule has 1 N–H and O–H groups in total. The number of hydrogen-bond donors (Lipinski definition) is 1. The molecule has 0 heterocycles. The first-order valence-electron chi connectivity index (χ1n) is 9.43. The topological polar surface area (TPSA) is 62.1 Å². The van der Waals surface area contributed by atoms with E-state index < -0.39 is 5.91 Å². The summed E-state index contributed by atoms with van der Waals surface area (Å²) in [6, 6.07) is 20.8. The summed E-state index contributed by atoms with van der Waals surface area (Å²) >= 11 is 0. The zero-order chi connectivity index (χ0) is 21.5. The fourth-order valence-corrected chi connectivity index (χ4v) is 2.90. The zero-order valence-electron chi connectivity index (χ0n) is 16.8. The van der Waals surface area contributed by atoms with Gasteiger partial charge < -0.3 is 10.1 Å². The molecule has 0 saturated carbocycles.